The van der Waals surface area contributed by atoms with Gasteiger partial charge in [0.1, 0.15) is 0 Å². The molecule has 0 spiro atoms. The highest BCUT2D eigenvalue weighted by molar-refractivity contribution is 7.18. The van der Waals surface area contributed by atoms with Crippen LogP contribution < -0.4 is 0 Å². The Morgan fingerprint density at radius 2 is 2.29 bits per heavy atom. The molecule has 1 aromatic carbocycles. The Bertz CT molecular complexity index is 506. The van der Waals surface area contributed by atoms with Crippen LogP contribution >= 0.6 is 11.3 Å². The van der Waals surface area contributed by atoms with Crippen LogP contribution in [0.2, 0.25) is 0 Å². The van der Waals surface area contributed by atoms with Gasteiger partial charge in [0.2, 0.25) is 0 Å². The van der Waals surface area contributed by atoms with Crippen LogP contribution in [0.4, 0.5) is 0 Å². The largest absolute Gasteiger partial charge is 0.388 e. The third-order valence-corrected chi connectivity index (χ3v) is 4.38. The predicted molar refractivity (Wildman–Crippen MR) is 70.4 cm³/mol. The first-order valence-corrected chi connectivity index (χ1v) is 6.72. The van der Waals surface area contributed by atoms with Gasteiger partial charge in [-0.25, -0.2) is 4.98 Å². The Balaban J connectivity index is 1.85. The molecule has 0 amide bonds. The summed E-state index contributed by atoms with van der Waals surface area (Å²) in [6.45, 7) is 1.73. The molecule has 1 unspecified atom stereocenters. The number of hydrogen-bond acceptors (Lipinski definition) is 4. The van der Waals surface area contributed by atoms with E-state index in [1.54, 1.807) is 11.3 Å². The number of benzene rings is 1. The molecule has 3 nitrogen and oxygen atoms in total. The third-order valence-electron chi connectivity index (χ3n) is 3.34. The summed E-state index contributed by atoms with van der Waals surface area (Å²) in [5.74, 6) is 0. The minimum absolute atomic E-state index is 0.581. The van der Waals surface area contributed by atoms with Crippen molar-refractivity contribution in [1.82, 2.24) is 9.88 Å². The molecule has 1 atom stereocenters. The van der Waals surface area contributed by atoms with Crippen molar-refractivity contribution in [3.8, 4) is 0 Å². The molecule has 1 N–H and O–H groups in total. The maximum atomic E-state index is 10.5. The minimum atomic E-state index is -0.581. The van der Waals surface area contributed by atoms with Crippen LogP contribution in [0.15, 0.2) is 24.3 Å². The fraction of sp³-hybridized carbons (Fsp3) is 0.462. The van der Waals surface area contributed by atoms with Gasteiger partial charge in [-0.05, 0) is 25.6 Å². The summed E-state index contributed by atoms with van der Waals surface area (Å²) in [5, 5.41) is 11.5. The summed E-state index contributed by atoms with van der Waals surface area (Å²) < 4.78 is 1.21. The molecule has 0 radical (unpaired) electrons. The van der Waals surface area contributed by atoms with E-state index in [-0.39, 0.29) is 0 Å². The van der Waals surface area contributed by atoms with Crippen LogP contribution in [-0.4, -0.2) is 40.7 Å². The molecule has 0 aliphatic carbocycles. The summed E-state index contributed by atoms with van der Waals surface area (Å²) in [7, 11) is 2.05. The van der Waals surface area contributed by atoms with Crippen LogP contribution in [0.1, 0.15) is 11.4 Å². The van der Waals surface area contributed by atoms with Crippen molar-refractivity contribution in [2.75, 3.05) is 20.1 Å². The van der Waals surface area contributed by atoms with Crippen molar-refractivity contribution in [2.24, 2.45) is 0 Å². The number of rotatable bonds is 2. The number of nitrogens with zero attached hydrogens (tertiary/aromatic N) is 2. The van der Waals surface area contributed by atoms with Gasteiger partial charge in [-0.2, -0.15) is 0 Å². The topological polar surface area (TPSA) is 36.4 Å². The van der Waals surface area contributed by atoms with Gasteiger partial charge >= 0.3 is 0 Å². The first kappa shape index (κ1) is 11.1. The highest BCUT2D eigenvalue weighted by Crippen LogP contribution is 2.29. The fourth-order valence-electron chi connectivity index (χ4n) is 2.48. The zero-order valence-corrected chi connectivity index (χ0v) is 10.7. The average molecular weight is 248 g/mol. The van der Waals surface area contributed by atoms with Crippen LogP contribution in [0.25, 0.3) is 10.2 Å². The van der Waals surface area contributed by atoms with Gasteiger partial charge in [0.05, 0.1) is 20.8 Å². The summed E-state index contributed by atoms with van der Waals surface area (Å²) in [6.07, 6.45) is 1.52. The van der Waals surface area contributed by atoms with E-state index in [4.69, 9.17) is 0 Å². The van der Waals surface area contributed by atoms with Crippen molar-refractivity contribution in [2.45, 2.75) is 18.4 Å². The second-order valence-electron chi connectivity index (χ2n) is 4.96. The second kappa shape index (κ2) is 4.05. The number of likely N-dealkylation sites (tertiary alicyclic amines) is 1. The van der Waals surface area contributed by atoms with E-state index in [1.165, 1.54) is 4.70 Å². The number of β-amino-alcohol motifs (C(OH)–C–C–N with tert-alkyl or cyclic N) is 1. The smallest absolute Gasteiger partial charge is 0.0967 e. The lowest BCUT2D eigenvalue weighted by Gasteiger charge is -2.20. The second-order valence-corrected chi connectivity index (χ2v) is 6.08. The van der Waals surface area contributed by atoms with Crippen molar-refractivity contribution < 1.29 is 5.11 Å². The zero-order valence-electron chi connectivity index (χ0n) is 9.89. The first-order valence-electron chi connectivity index (χ1n) is 5.90. The van der Waals surface area contributed by atoms with E-state index in [2.05, 4.69) is 23.0 Å². The van der Waals surface area contributed by atoms with E-state index in [9.17, 15) is 5.11 Å². The lowest BCUT2D eigenvalue weighted by atomic mass is 10.00. The molecule has 1 saturated heterocycles. The molecule has 17 heavy (non-hydrogen) atoms. The number of hydrogen-bond donors (Lipinski definition) is 1. The molecule has 2 aromatic rings. The van der Waals surface area contributed by atoms with Crippen molar-refractivity contribution in [1.29, 1.82) is 0 Å². The van der Waals surface area contributed by atoms with Crippen LogP contribution in [0.3, 0.4) is 0 Å². The SMILES string of the molecule is CN1CCC(O)(Cc2nc3ccccc3s2)C1. The molecule has 1 aliphatic heterocycles. The fourth-order valence-corrected chi connectivity index (χ4v) is 3.58. The molecule has 1 fully saturated rings. The number of likely N-dealkylation sites (N-methyl/N-ethyl adjacent to an activating group) is 1. The van der Waals surface area contributed by atoms with Crippen molar-refractivity contribution in [3.63, 3.8) is 0 Å². The molecule has 90 valence electrons. The van der Waals surface area contributed by atoms with Crippen LogP contribution in [-0.2, 0) is 6.42 Å². The van der Waals surface area contributed by atoms with E-state index in [1.807, 2.05) is 18.2 Å². The average Bonchev–Trinajstić information content (AvgIpc) is 2.81. The molecule has 4 heteroatoms. The maximum absolute atomic E-state index is 10.5. The van der Waals surface area contributed by atoms with Gasteiger partial charge < -0.3 is 10.0 Å². The van der Waals surface area contributed by atoms with Crippen molar-refractivity contribution in [3.05, 3.63) is 29.3 Å². The molecule has 1 aliphatic rings. The molecule has 2 heterocycles. The van der Waals surface area contributed by atoms with E-state index < -0.39 is 5.60 Å². The summed E-state index contributed by atoms with van der Waals surface area (Å²) in [5.41, 5.74) is 0.463. The molecular weight excluding hydrogens is 232 g/mol. The van der Waals surface area contributed by atoms with E-state index >= 15 is 0 Å². The normalized spacial score (nSPS) is 25.8. The van der Waals surface area contributed by atoms with E-state index in [0.29, 0.717) is 6.42 Å². The predicted octanol–water partition coefficient (Wildman–Crippen LogP) is 1.91. The number of fused-ring (bicyclic) bond motifs is 1. The number of thiazole rings is 1. The van der Waals surface area contributed by atoms with E-state index in [0.717, 1.165) is 30.0 Å². The highest BCUT2D eigenvalue weighted by atomic mass is 32.1. The molecule has 3 rings (SSSR count). The Kier molecular flexibility index (Phi) is 2.65. The minimum Gasteiger partial charge on any atom is -0.388 e. The molecule has 0 bridgehead atoms. The lowest BCUT2D eigenvalue weighted by Crippen LogP contribution is -2.34. The van der Waals surface area contributed by atoms with Gasteiger partial charge in [0, 0.05) is 19.5 Å². The number of aliphatic hydroxyl groups is 1. The molecule has 0 saturated carbocycles. The maximum Gasteiger partial charge on any atom is 0.0967 e. The summed E-state index contributed by atoms with van der Waals surface area (Å²) in [6, 6.07) is 8.15. The Morgan fingerprint density at radius 1 is 1.47 bits per heavy atom. The van der Waals surface area contributed by atoms with Gasteiger partial charge in [-0.1, -0.05) is 12.1 Å². The summed E-state index contributed by atoms with van der Waals surface area (Å²) >= 11 is 1.69. The first-order chi connectivity index (χ1) is 8.15. The van der Waals surface area contributed by atoms with Gasteiger partial charge in [0.25, 0.3) is 0 Å². The van der Waals surface area contributed by atoms with Gasteiger partial charge in [0.15, 0.2) is 0 Å². The molecular formula is C13H16N2OS. The number of para-hydroxylation sites is 1. The molecule has 1 aromatic heterocycles. The standard InChI is InChI=1S/C13H16N2OS/c1-15-7-6-13(16,9-15)8-12-14-10-4-2-3-5-11(10)17-12/h2-5,16H,6-9H2,1H3. The quantitative estimate of drug-likeness (QED) is 0.882. The Labute approximate surface area is 105 Å². The van der Waals surface area contributed by atoms with Gasteiger partial charge in [-0.15, -0.1) is 11.3 Å². The lowest BCUT2D eigenvalue weighted by molar-refractivity contribution is 0.0523. The van der Waals surface area contributed by atoms with Crippen LogP contribution in [0.5, 0.6) is 0 Å². The van der Waals surface area contributed by atoms with Crippen LogP contribution in [0, 0.1) is 0 Å². The zero-order chi connectivity index (χ0) is 11.9. The highest BCUT2D eigenvalue weighted by Gasteiger charge is 2.35. The third kappa shape index (κ3) is 2.20. The van der Waals surface area contributed by atoms with Crippen molar-refractivity contribution >= 4 is 21.6 Å². The summed E-state index contributed by atoms with van der Waals surface area (Å²) in [4.78, 5) is 6.76. The number of aromatic nitrogens is 1. The monoisotopic (exact) mass is 248 g/mol. The Hall–Kier alpha value is -0.970. The Morgan fingerprint density at radius 3 is 3.00 bits per heavy atom. The van der Waals surface area contributed by atoms with Gasteiger partial charge in [-0.3, -0.25) is 0 Å².